The van der Waals surface area contributed by atoms with E-state index >= 15 is 0 Å². The van der Waals surface area contributed by atoms with Crippen molar-refractivity contribution in [3.63, 3.8) is 0 Å². The number of carbonyl (C=O) groups excluding carboxylic acids is 2. The number of rotatable bonds is 6. The van der Waals surface area contributed by atoms with Crippen molar-refractivity contribution in [2.75, 3.05) is 24.4 Å². The molecule has 0 spiro atoms. The maximum absolute atomic E-state index is 12.4. The normalized spacial score (nSPS) is 13.6. The van der Waals surface area contributed by atoms with Crippen molar-refractivity contribution in [2.24, 2.45) is 0 Å². The fourth-order valence-corrected chi connectivity index (χ4v) is 2.42. The van der Waals surface area contributed by atoms with E-state index in [1.807, 2.05) is 22.9 Å². The van der Waals surface area contributed by atoms with E-state index in [1.165, 1.54) is 7.11 Å². The van der Waals surface area contributed by atoms with Gasteiger partial charge in [-0.25, -0.2) is 0 Å². The summed E-state index contributed by atoms with van der Waals surface area (Å²) in [6, 6.07) is 11.2. The molecule has 0 aliphatic heterocycles. The number of nitrogens with one attached hydrogen (secondary N) is 2. The molecule has 0 unspecified atom stereocenters. The number of hydrogen-bond donors (Lipinski definition) is 2. The predicted octanol–water partition coefficient (Wildman–Crippen LogP) is 2.66. The number of carbonyl (C=O) groups is 2. The molecule has 6 nitrogen and oxygen atoms in total. The van der Waals surface area contributed by atoms with Crippen LogP contribution in [0.15, 0.2) is 42.6 Å². The summed E-state index contributed by atoms with van der Waals surface area (Å²) in [6.07, 6.45) is 4.21. The predicted molar refractivity (Wildman–Crippen MR) is 87.6 cm³/mol. The Morgan fingerprint density at radius 2 is 1.78 bits per heavy atom. The SMILES string of the molecule is COCC(=O)Nc1ccc(NC(=O)c2cccn2C2CC2)cc1. The lowest BCUT2D eigenvalue weighted by Crippen LogP contribution is -2.17. The second-order valence-electron chi connectivity index (χ2n) is 5.54. The van der Waals surface area contributed by atoms with Gasteiger partial charge in [0.15, 0.2) is 0 Å². The lowest BCUT2D eigenvalue weighted by atomic mass is 10.2. The Morgan fingerprint density at radius 1 is 1.13 bits per heavy atom. The second kappa shape index (κ2) is 6.66. The Morgan fingerprint density at radius 3 is 2.39 bits per heavy atom. The molecule has 0 bridgehead atoms. The van der Waals surface area contributed by atoms with Gasteiger partial charge in [-0.3, -0.25) is 9.59 Å². The number of nitrogens with zero attached hydrogens (tertiary/aromatic N) is 1. The summed E-state index contributed by atoms with van der Waals surface area (Å²) >= 11 is 0. The van der Waals surface area contributed by atoms with Gasteiger partial charge in [0.2, 0.25) is 5.91 Å². The van der Waals surface area contributed by atoms with E-state index in [2.05, 4.69) is 10.6 Å². The molecule has 1 aliphatic carbocycles. The molecular formula is C17H19N3O3. The molecule has 0 atom stereocenters. The van der Waals surface area contributed by atoms with E-state index in [9.17, 15) is 9.59 Å². The molecule has 0 saturated heterocycles. The topological polar surface area (TPSA) is 72.4 Å². The summed E-state index contributed by atoms with van der Waals surface area (Å²) in [4.78, 5) is 23.8. The number of benzene rings is 1. The number of amides is 2. The Kier molecular flexibility index (Phi) is 4.43. The monoisotopic (exact) mass is 313 g/mol. The van der Waals surface area contributed by atoms with Gasteiger partial charge in [0.25, 0.3) is 5.91 Å². The lowest BCUT2D eigenvalue weighted by Gasteiger charge is -2.10. The summed E-state index contributed by atoms with van der Waals surface area (Å²) in [6.45, 7) is 0.0106. The zero-order valence-corrected chi connectivity index (χ0v) is 12.9. The minimum absolute atomic E-state index is 0.0106. The maximum Gasteiger partial charge on any atom is 0.272 e. The van der Waals surface area contributed by atoms with Crippen LogP contribution >= 0.6 is 0 Å². The lowest BCUT2D eigenvalue weighted by molar-refractivity contribution is -0.119. The van der Waals surface area contributed by atoms with Crippen LogP contribution in [0.3, 0.4) is 0 Å². The molecule has 1 heterocycles. The van der Waals surface area contributed by atoms with Gasteiger partial charge in [0, 0.05) is 30.7 Å². The highest BCUT2D eigenvalue weighted by Crippen LogP contribution is 2.36. The molecule has 120 valence electrons. The molecular weight excluding hydrogens is 294 g/mol. The third-order valence-electron chi connectivity index (χ3n) is 3.65. The third-order valence-corrected chi connectivity index (χ3v) is 3.65. The highest BCUT2D eigenvalue weighted by molar-refractivity contribution is 6.03. The molecule has 1 aromatic heterocycles. The van der Waals surface area contributed by atoms with Crippen molar-refractivity contribution < 1.29 is 14.3 Å². The van der Waals surface area contributed by atoms with Gasteiger partial charge in [-0.15, -0.1) is 0 Å². The summed E-state index contributed by atoms with van der Waals surface area (Å²) < 4.78 is 6.78. The van der Waals surface area contributed by atoms with Crippen LogP contribution < -0.4 is 10.6 Å². The van der Waals surface area contributed by atoms with Gasteiger partial charge in [-0.05, 0) is 49.2 Å². The van der Waals surface area contributed by atoms with E-state index in [-0.39, 0.29) is 18.4 Å². The molecule has 2 N–H and O–H groups in total. The van der Waals surface area contributed by atoms with Gasteiger partial charge >= 0.3 is 0 Å². The quantitative estimate of drug-likeness (QED) is 0.861. The van der Waals surface area contributed by atoms with Crippen molar-refractivity contribution in [3.8, 4) is 0 Å². The largest absolute Gasteiger partial charge is 0.375 e. The van der Waals surface area contributed by atoms with Gasteiger partial charge in [-0.2, -0.15) is 0 Å². The molecule has 0 radical (unpaired) electrons. The minimum atomic E-state index is -0.216. The number of aromatic nitrogens is 1. The third kappa shape index (κ3) is 3.78. The van der Waals surface area contributed by atoms with Crippen LogP contribution in [-0.4, -0.2) is 30.1 Å². The Hall–Kier alpha value is -2.60. The van der Waals surface area contributed by atoms with Gasteiger partial charge < -0.3 is 19.9 Å². The van der Waals surface area contributed by atoms with E-state index < -0.39 is 0 Å². The fraction of sp³-hybridized carbons (Fsp3) is 0.294. The van der Waals surface area contributed by atoms with E-state index in [0.717, 1.165) is 12.8 Å². The van der Waals surface area contributed by atoms with Crippen LogP contribution in [0.4, 0.5) is 11.4 Å². The molecule has 2 aromatic rings. The number of methoxy groups -OCH3 is 1. The van der Waals surface area contributed by atoms with Gasteiger partial charge in [0.05, 0.1) is 0 Å². The number of hydrogen-bond acceptors (Lipinski definition) is 3. The molecule has 1 fully saturated rings. The van der Waals surface area contributed by atoms with Crippen molar-refractivity contribution in [2.45, 2.75) is 18.9 Å². The second-order valence-corrected chi connectivity index (χ2v) is 5.54. The van der Waals surface area contributed by atoms with E-state index in [0.29, 0.717) is 23.1 Å². The first-order valence-electron chi connectivity index (χ1n) is 7.54. The van der Waals surface area contributed by atoms with E-state index in [4.69, 9.17) is 4.74 Å². The summed E-state index contributed by atoms with van der Waals surface area (Å²) in [7, 11) is 1.47. The zero-order valence-electron chi connectivity index (χ0n) is 12.9. The van der Waals surface area contributed by atoms with E-state index in [1.54, 1.807) is 24.3 Å². The molecule has 1 aromatic carbocycles. The van der Waals surface area contributed by atoms with Crippen LogP contribution in [-0.2, 0) is 9.53 Å². The average molecular weight is 313 g/mol. The number of anilines is 2. The fourth-order valence-electron chi connectivity index (χ4n) is 2.42. The molecule has 6 heteroatoms. The molecule has 3 rings (SSSR count). The average Bonchev–Trinajstić information content (AvgIpc) is 3.26. The Balaban J connectivity index is 1.62. The summed E-state index contributed by atoms with van der Waals surface area (Å²) in [5.41, 5.74) is 2.01. The molecule has 1 saturated carbocycles. The van der Waals surface area contributed by atoms with Crippen LogP contribution in [0.2, 0.25) is 0 Å². The summed E-state index contributed by atoms with van der Waals surface area (Å²) in [5, 5.41) is 5.58. The van der Waals surface area contributed by atoms with Gasteiger partial charge in [-0.1, -0.05) is 0 Å². The summed E-state index contributed by atoms with van der Waals surface area (Å²) in [5.74, 6) is -0.343. The minimum Gasteiger partial charge on any atom is -0.375 e. The maximum atomic E-state index is 12.4. The van der Waals surface area contributed by atoms with Gasteiger partial charge in [0.1, 0.15) is 12.3 Å². The first-order valence-corrected chi connectivity index (χ1v) is 7.54. The Labute approximate surface area is 134 Å². The van der Waals surface area contributed by atoms with Crippen molar-refractivity contribution in [1.29, 1.82) is 0 Å². The molecule has 1 aliphatic rings. The molecule has 23 heavy (non-hydrogen) atoms. The standard InChI is InChI=1S/C17H19N3O3/c1-23-11-16(21)18-12-4-6-13(7-5-12)19-17(22)15-3-2-10-20(15)14-8-9-14/h2-7,10,14H,8-9,11H2,1H3,(H,18,21)(H,19,22). The van der Waals surface area contributed by atoms with Crippen LogP contribution in [0.25, 0.3) is 0 Å². The first-order chi connectivity index (χ1) is 11.2. The highest BCUT2D eigenvalue weighted by atomic mass is 16.5. The first kappa shape index (κ1) is 15.3. The van der Waals surface area contributed by atoms with Crippen LogP contribution in [0.1, 0.15) is 29.4 Å². The smallest absolute Gasteiger partial charge is 0.272 e. The zero-order chi connectivity index (χ0) is 16.2. The van der Waals surface area contributed by atoms with Crippen molar-refractivity contribution in [1.82, 2.24) is 4.57 Å². The highest BCUT2D eigenvalue weighted by Gasteiger charge is 2.26. The number of ether oxygens (including phenoxy) is 1. The van der Waals surface area contributed by atoms with Crippen molar-refractivity contribution >= 4 is 23.2 Å². The molecule has 2 amide bonds. The van der Waals surface area contributed by atoms with Crippen LogP contribution in [0, 0.1) is 0 Å². The Bertz CT molecular complexity index is 702. The van der Waals surface area contributed by atoms with Crippen molar-refractivity contribution in [3.05, 3.63) is 48.3 Å². The van der Waals surface area contributed by atoms with Crippen LogP contribution in [0.5, 0.6) is 0 Å².